The number of carboxylic acid groups (broad SMARTS) is 1. The number of aromatic amines is 1. The summed E-state index contributed by atoms with van der Waals surface area (Å²) in [7, 11) is 0. The molecule has 3 heterocycles. The van der Waals surface area contributed by atoms with Gasteiger partial charge in [-0.2, -0.15) is 23.4 Å². The quantitative estimate of drug-likeness (QED) is 0.797. The third kappa shape index (κ3) is 3.21. The van der Waals surface area contributed by atoms with Gasteiger partial charge in [0.2, 0.25) is 0 Å². The number of carbonyl (C=O) groups is 1. The van der Waals surface area contributed by atoms with E-state index >= 15 is 0 Å². The van der Waals surface area contributed by atoms with E-state index in [0.717, 1.165) is 24.6 Å². The van der Waals surface area contributed by atoms with Gasteiger partial charge in [0.1, 0.15) is 0 Å². The van der Waals surface area contributed by atoms with Crippen LogP contribution >= 0.6 is 0 Å². The summed E-state index contributed by atoms with van der Waals surface area (Å²) in [4.78, 5) is 11.0. The Morgan fingerprint density at radius 1 is 1.48 bits per heavy atom. The molecule has 7 nitrogen and oxygen atoms in total. The van der Waals surface area contributed by atoms with E-state index in [4.69, 9.17) is 5.11 Å². The molecule has 2 aromatic heterocycles. The number of alkyl halides is 3. The zero-order valence-corrected chi connectivity index (χ0v) is 11.9. The highest BCUT2D eigenvalue weighted by atomic mass is 19.4. The number of halogens is 3. The van der Waals surface area contributed by atoms with E-state index in [1.54, 1.807) is 4.68 Å². The summed E-state index contributed by atoms with van der Waals surface area (Å²) in [6.07, 6.45) is -2.91. The van der Waals surface area contributed by atoms with Crippen molar-refractivity contribution >= 4 is 5.97 Å². The van der Waals surface area contributed by atoms with Crippen molar-refractivity contribution in [1.82, 2.24) is 25.3 Å². The van der Waals surface area contributed by atoms with E-state index in [9.17, 15) is 18.0 Å². The molecule has 10 heteroatoms. The second-order valence-electron chi connectivity index (χ2n) is 5.33. The lowest BCUT2D eigenvalue weighted by atomic mass is 10.0. The maximum Gasteiger partial charge on any atom is 0.435 e. The third-order valence-electron chi connectivity index (χ3n) is 3.71. The minimum absolute atomic E-state index is 0.0328. The van der Waals surface area contributed by atoms with Gasteiger partial charge in [0.15, 0.2) is 11.4 Å². The molecule has 0 amide bonds. The van der Waals surface area contributed by atoms with E-state index in [1.807, 2.05) is 0 Å². The lowest BCUT2D eigenvalue weighted by molar-refractivity contribution is -0.141. The Balaban J connectivity index is 1.70. The number of nitrogens with one attached hydrogen (secondary N) is 2. The molecule has 1 aliphatic rings. The summed E-state index contributed by atoms with van der Waals surface area (Å²) in [6.45, 7) is 0.796. The standard InChI is InChI=1S/C13H14F3N5O2/c14-13(15,16)11-4-7(18-19-11)6-17-8-2-1-3-21-10(8)5-9(20-21)12(22)23/h4-5,8,17H,1-3,6H2,(H,18,19)(H,22,23). The van der Waals surface area contributed by atoms with E-state index < -0.39 is 17.8 Å². The molecule has 0 aliphatic carbocycles. The predicted octanol–water partition coefficient (Wildman–Crippen LogP) is 1.95. The van der Waals surface area contributed by atoms with Crippen LogP contribution in [0.5, 0.6) is 0 Å². The molecule has 0 spiro atoms. The van der Waals surface area contributed by atoms with Crippen molar-refractivity contribution < 1.29 is 23.1 Å². The highest BCUT2D eigenvalue weighted by Gasteiger charge is 2.34. The predicted molar refractivity (Wildman–Crippen MR) is 71.6 cm³/mol. The van der Waals surface area contributed by atoms with E-state index in [0.29, 0.717) is 12.2 Å². The molecule has 23 heavy (non-hydrogen) atoms. The number of aryl methyl sites for hydroxylation is 1. The molecule has 1 atom stereocenters. The first kappa shape index (κ1) is 15.5. The molecule has 0 saturated carbocycles. The molecule has 0 radical (unpaired) electrons. The number of aromatic nitrogens is 4. The Hall–Kier alpha value is -2.36. The number of carboxylic acids is 1. The van der Waals surface area contributed by atoms with Crippen LogP contribution in [-0.2, 0) is 19.3 Å². The van der Waals surface area contributed by atoms with Crippen molar-refractivity contribution in [2.75, 3.05) is 0 Å². The second-order valence-corrected chi connectivity index (χ2v) is 5.33. The van der Waals surface area contributed by atoms with Crippen molar-refractivity contribution in [3.05, 3.63) is 34.9 Å². The fraction of sp³-hybridized carbons (Fsp3) is 0.462. The average Bonchev–Trinajstić information content (AvgIpc) is 3.11. The van der Waals surface area contributed by atoms with E-state index in [-0.39, 0.29) is 18.3 Å². The topological polar surface area (TPSA) is 95.8 Å². The van der Waals surface area contributed by atoms with Crippen molar-refractivity contribution in [2.45, 2.75) is 38.1 Å². The second kappa shape index (κ2) is 5.69. The van der Waals surface area contributed by atoms with Gasteiger partial charge in [-0.3, -0.25) is 9.78 Å². The number of hydrogen-bond acceptors (Lipinski definition) is 4. The summed E-state index contributed by atoms with van der Waals surface area (Å²) < 4.78 is 39.1. The van der Waals surface area contributed by atoms with Crippen molar-refractivity contribution in [3.63, 3.8) is 0 Å². The normalized spacial score (nSPS) is 18.0. The number of aromatic carboxylic acids is 1. The summed E-state index contributed by atoms with van der Waals surface area (Å²) in [5.74, 6) is -1.10. The number of nitrogens with zero attached hydrogens (tertiary/aromatic N) is 3. The van der Waals surface area contributed by atoms with Crippen LogP contribution < -0.4 is 5.32 Å². The van der Waals surface area contributed by atoms with Gasteiger partial charge >= 0.3 is 12.1 Å². The van der Waals surface area contributed by atoms with Crippen molar-refractivity contribution in [2.24, 2.45) is 0 Å². The van der Waals surface area contributed by atoms with Crippen LogP contribution in [0, 0.1) is 0 Å². The Morgan fingerprint density at radius 3 is 2.91 bits per heavy atom. The molecule has 2 aromatic rings. The summed E-state index contributed by atoms with van der Waals surface area (Å²) in [6, 6.07) is 2.28. The zero-order chi connectivity index (χ0) is 16.6. The Kier molecular flexibility index (Phi) is 3.84. The molecule has 124 valence electrons. The molecule has 1 aliphatic heterocycles. The van der Waals surface area contributed by atoms with Crippen LogP contribution in [0.2, 0.25) is 0 Å². The monoisotopic (exact) mass is 329 g/mol. The fourth-order valence-electron chi connectivity index (χ4n) is 2.63. The Bertz CT molecular complexity index is 722. The minimum atomic E-state index is -4.48. The fourth-order valence-corrected chi connectivity index (χ4v) is 2.63. The molecular weight excluding hydrogens is 315 g/mol. The molecule has 1 unspecified atom stereocenters. The molecule has 0 fully saturated rings. The Morgan fingerprint density at radius 2 is 2.26 bits per heavy atom. The van der Waals surface area contributed by atoms with Crippen LogP contribution in [0.3, 0.4) is 0 Å². The highest BCUT2D eigenvalue weighted by Crippen LogP contribution is 2.28. The van der Waals surface area contributed by atoms with Crippen molar-refractivity contribution in [3.8, 4) is 0 Å². The largest absolute Gasteiger partial charge is 0.476 e. The summed E-state index contributed by atoms with van der Waals surface area (Å²) in [5, 5.41) is 21.7. The molecule has 0 bridgehead atoms. The van der Waals surface area contributed by atoms with Crippen molar-refractivity contribution in [1.29, 1.82) is 0 Å². The third-order valence-corrected chi connectivity index (χ3v) is 3.71. The Labute approximate surface area is 128 Å². The van der Waals surface area contributed by atoms with Gasteiger partial charge in [0, 0.05) is 24.8 Å². The number of fused-ring (bicyclic) bond motifs is 1. The smallest absolute Gasteiger partial charge is 0.435 e. The lowest BCUT2D eigenvalue weighted by Crippen LogP contribution is -2.27. The number of hydrogen-bond donors (Lipinski definition) is 3. The highest BCUT2D eigenvalue weighted by molar-refractivity contribution is 5.85. The first-order chi connectivity index (χ1) is 10.8. The van der Waals surface area contributed by atoms with Crippen LogP contribution in [0.4, 0.5) is 13.2 Å². The molecule has 0 aromatic carbocycles. The van der Waals surface area contributed by atoms with Crippen LogP contribution in [0.25, 0.3) is 0 Å². The maximum absolute atomic E-state index is 12.5. The summed E-state index contributed by atoms with van der Waals surface area (Å²) >= 11 is 0. The van der Waals surface area contributed by atoms with Gasteiger partial charge in [0.25, 0.3) is 0 Å². The van der Waals surface area contributed by atoms with Crippen LogP contribution in [0.15, 0.2) is 12.1 Å². The molecule has 3 N–H and O–H groups in total. The molecule has 3 rings (SSSR count). The molecule has 0 saturated heterocycles. The van der Waals surface area contributed by atoms with Gasteiger partial charge in [-0.05, 0) is 25.0 Å². The van der Waals surface area contributed by atoms with Gasteiger partial charge in [-0.15, -0.1) is 0 Å². The van der Waals surface area contributed by atoms with Gasteiger partial charge in [0.05, 0.1) is 5.69 Å². The van der Waals surface area contributed by atoms with Gasteiger partial charge in [-0.25, -0.2) is 4.79 Å². The first-order valence-electron chi connectivity index (χ1n) is 7.00. The molecular formula is C13H14F3N5O2. The lowest BCUT2D eigenvalue weighted by Gasteiger charge is -2.24. The zero-order valence-electron chi connectivity index (χ0n) is 11.9. The SMILES string of the molecule is O=C(O)c1cc2n(n1)CCCC2NCc1cc(C(F)(F)F)n[nH]1. The van der Waals surface area contributed by atoms with Gasteiger partial charge in [-0.1, -0.05) is 0 Å². The van der Waals surface area contributed by atoms with E-state index in [2.05, 4.69) is 20.6 Å². The number of rotatable bonds is 4. The van der Waals surface area contributed by atoms with Crippen LogP contribution in [0.1, 0.15) is 46.5 Å². The average molecular weight is 329 g/mol. The summed E-state index contributed by atoms with van der Waals surface area (Å²) in [5.41, 5.74) is 0.0439. The first-order valence-corrected chi connectivity index (χ1v) is 7.00. The minimum Gasteiger partial charge on any atom is -0.476 e. The number of H-pyrrole nitrogens is 1. The van der Waals surface area contributed by atoms with Crippen LogP contribution in [-0.4, -0.2) is 31.1 Å². The maximum atomic E-state index is 12.5. The van der Waals surface area contributed by atoms with Gasteiger partial charge < -0.3 is 10.4 Å². The van der Waals surface area contributed by atoms with E-state index in [1.165, 1.54) is 6.07 Å².